The van der Waals surface area contributed by atoms with E-state index in [0.717, 1.165) is 40.6 Å². The first kappa shape index (κ1) is 24.0. The summed E-state index contributed by atoms with van der Waals surface area (Å²) >= 11 is 6.60. The lowest BCUT2D eigenvalue weighted by molar-refractivity contribution is 0.334. The van der Waals surface area contributed by atoms with Crippen molar-refractivity contribution in [2.24, 2.45) is 5.92 Å². The van der Waals surface area contributed by atoms with Crippen molar-refractivity contribution in [1.82, 2.24) is 15.3 Å². The third-order valence-electron chi connectivity index (χ3n) is 5.90. The molecule has 0 amide bonds. The van der Waals surface area contributed by atoms with Crippen LogP contribution in [0, 0.1) is 12.8 Å². The van der Waals surface area contributed by atoms with Crippen LogP contribution in [0.5, 0.6) is 0 Å². The lowest BCUT2D eigenvalue weighted by atomic mass is 9.87. The maximum Gasteiger partial charge on any atom is 0.0931 e. The Morgan fingerprint density at radius 3 is 2.66 bits per heavy atom. The van der Waals surface area contributed by atoms with E-state index in [4.69, 9.17) is 11.6 Å². The van der Waals surface area contributed by atoms with E-state index < -0.39 is 0 Å². The number of benzene rings is 2. The number of hydrogen-bond acceptors (Lipinski definition) is 2. The third-order valence-corrected chi connectivity index (χ3v) is 6.25. The van der Waals surface area contributed by atoms with Gasteiger partial charge in [0.05, 0.1) is 17.4 Å². The van der Waals surface area contributed by atoms with E-state index in [-0.39, 0.29) is 24.8 Å². The molecule has 2 aromatic carbocycles. The normalized spacial score (nSPS) is 14.4. The largest absolute Gasteiger partial charge is 0.345 e. The Bertz CT molecular complexity index is 917. The van der Waals surface area contributed by atoms with Crippen LogP contribution in [0.3, 0.4) is 0 Å². The van der Waals surface area contributed by atoms with Crippen LogP contribution in [0.4, 0.5) is 0 Å². The summed E-state index contributed by atoms with van der Waals surface area (Å²) in [7, 11) is 0. The molecule has 1 fully saturated rings. The van der Waals surface area contributed by atoms with Crippen LogP contribution >= 0.6 is 36.4 Å². The fourth-order valence-electron chi connectivity index (χ4n) is 4.26. The van der Waals surface area contributed by atoms with Crippen LogP contribution in [0.15, 0.2) is 36.7 Å². The van der Waals surface area contributed by atoms with Crippen molar-refractivity contribution in [2.75, 3.05) is 6.54 Å². The number of nitrogens with one attached hydrogen (secondary N) is 2. The number of rotatable bonds is 6. The topological polar surface area (TPSA) is 40.7 Å². The zero-order chi connectivity index (χ0) is 18.6. The lowest BCUT2D eigenvalue weighted by Gasteiger charge is -2.21. The van der Waals surface area contributed by atoms with Crippen molar-refractivity contribution in [3.8, 4) is 11.1 Å². The molecule has 3 nitrogen and oxygen atoms in total. The van der Waals surface area contributed by atoms with E-state index in [2.05, 4.69) is 52.5 Å². The van der Waals surface area contributed by atoms with Crippen molar-refractivity contribution in [2.45, 2.75) is 52.0 Å². The molecular weight excluding hydrogens is 425 g/mol. The van der Waals surface area contributed by atoms with E-state index in [1.165, 1.54) is 55.2 Å². The number of aromatic amines is 1. The minimum Gasteiger partial charge on any atom is -0.345 e. The Hall–Kier alpha value is -1.26. The Morgan fingerprint density at radius 2 is 1.90 bits per heavy atom. The maximum absolute atomic E-state index is 6.60. The fraction of sp³-hybridized carbons (Fsp3) is 0.435. The molecule has 2 N–H and O–H groups in total. The molecule has 29 heavy (non-hydrogen) atoms. The van der Waals surface area contributed by atoms with Gasteiger partial charge in [-0.1, -0.05) is 55.8 Å². The van der Waals surface area contributed by atoms with Gasteiger partial charge in [-0.25, -0.2) is 4.98 Å². The van der Waals surface area contributed by atoms with Crippen molar-refractivity contribution in [3.05, 3.63) is 52.8 Å². The third kappa shape index (κ3) is 5.88. The van der Waals surface area contributed by atoms with Crippen LogP contribution in [-0.2, 0) is 6.54 Å². The van der Waals surface area contributed by atoms with Gasteiger partial charge in [0.1, 0.15) is 0 Å². The van der Waals surface area contributed by atoms with Gasteiger partial charge in [-0.05, 0) is 66.3 Å². The number of aryl methyl sites for hydroxylation is 1. The summed E-state index contributed by atoms with van der Waals surface area (Å²) in [6.07, 6.45) is 10.1. The van der Waals surface area contributed by atoms with Gasteiger partial charge >= 0.3 is 0 Å². The van der Waals surface area contributed by atoms with Crippen molar-refractivity contribution in [3.63, 3.8) is 0 Å². The molecule has 0 radical (unpaired) electrons. The highest BCUT2D eigenvalue weighted by atomic mass is 35.5. The molecule has 1 heterocycles. The number of fused-ring (bicyclic) bond motifs is 1. The predicted molar refractivity (Wildman–Crippen MR) is 129 cm³/mol. The number of imidazole rings is 1. The highest BCUT2D eigenvalue weighted by Crippen LogP contribution is 2.30. The molecular formula is C23H30Cl3N3. The van der Waals surface area contributed by atoms with Crippen LogP contribution in [0.1, 0.15) is 49.7 Å². The highest BCUT2D eigenvalue weighted by molar-refractivity contribution is 6.31. The quantitative estimate of drug-likeness (QED) is 0.390. The summed E-state index contributed by atoms with van der Waals surface area (Å²) in [5.41, 5.74) is 6.79. The second-order valence-corrected chi connectivity index (χ2v) is 8.27. The van der Waals surface area contributed by atoms with Gasteiger partial charge in [-0.2, -0.15) is 0 Å². The number of aromatic nitrogens is 2. The molecule has 1 saturated carbocycles. The zero-order valence-corrected chi connectivity index (χ0v) is 19.2. The van der Waals surface area contributed by atoms with E-state index >= 15 is 0 Å². The zero-order valence-electron chi connectivity index (χ0n) is 16.8. The van der Waals surface area contributed by atoms with Crippen molar-refractivity contribution < 1.29 is 0 Å². The Balaban J connectivity index is 0.00000150. The fourth-order valence-corrected chi connectivity index (χ4v) is 4.51. The SMILES string of the molecule is Cc1cc2nc[nH]c2cc1-c1ccc(CNCCC2CCCCC2)c(Cl)c1.Cl.Cl. The van der Waals surface area contributed by atoms with Crippen molar-refractivity contribution >= 4 is 47.4 Å². The lowest BCUT2D eigenvalue weighted by Crippen LogP contribution is -2.19. The summed E-state index contributed by atoms with van der Waals surface area (Å²) in [5, 5.41) is 4.42. The van der Waals surface area contributed by atoms with Crippen LogP contribution in [0.25, 0.3) is 22.2 Å². The van der Waals surface area contributed by atoms with Gasteiger partial charge in [0.15, 0.2) is 0 Å². The highest BCUT2D eigenvalue weighted by Gasteiger charge is 2.13. The molecule has 4 rings (SSSR count). The molecule has 0 atom stereocenters. The number of nitrogens with zero attached hydrogens (tertiary/aromatic N) is 1. The molecule has 1 aromatic heterocycles. The first-order chi connectivity index (χ1) is 13.2. The van der Waals surface area contributed by atoms with Crippen LogP contribution < -0.4 is 5.32 Å². The van der Waals surface area contributed by atoms with Gasteiger partial charge in [-0.15, -0.1) is 24.8 Å². The molecule has 0 saturated heterocycles. The van der Waals surface area contributed by atoms with Gasteiger partial charge in [0, 0.05) is 11.6 Å². The summed E-state index contributed by atoms with van der Waals surface area (Å²) in [6, 6.07) is 10.7. The van der Waals surface area contributed by atoms with E-state index in [1.807, 2.05) is 0 Å². The minimum absolute atomic E-state index is 0. The molecule has 1 aliphatic rings. The molecule has 6 heteroatoms. The van der Waals surface area contributed by atoms with Crippen LogP contribution in [-0.4, -0.2) is 16.5 Å². The standard InChI is InChI=1S/C23H28ClN3.2ClH/c1-16-11-22-23(27-15-26-22)13-20(16)18-7-8-19(21(24)12-18)14-25-10-9-17-5-3-2-4-6-17;;/h7-8,11-13,15,17,25H,2-6,9-10,14H2,1H3,(H,26,27);2*1H. The molecule has 0 aliphatic heterocycles. The first-order valence-corrected chi connectivity index (χ1v) is 10.5. The maximum atomic E-state index is 6.60. The molecule has 0 unspecified atom stereocenters. The van der Waals surface area contributed by atoms with Gasteiger partial charge in [-0.3, -0.25) is 0 Å². The molecule has 0 bridgehead atoms. The first-order valence-electron chi connectivity index (χ1n) is 10.1. The minimum atomic E-state index is 0. The molecule has 3 aromatic rings. The van der Waals surface area contributed by atoms with Gasteiger partial charge in [0.25, 0.3) is 0 Å². The molecule has 0 spiro atoms. The number of H-pyrrole nitrogens is 1. The monoisotopic (exact) mass is 453 g/mol. The number of halogens is 3. The number of hydrogen-bond donors (Lipinski definition) is 2. The molecule has 1 aliphatic carbocycles. The van der Waals surface area contributed by atoms with Crippen LogP contribution in [0.2, 0.25) is 5.02 Å². The average Bonchev–Trinajstić information content (AvgIpc) is 3.13. The summed E-state index contributed by atoms with van der Waals surface area (Å²) in [4.78, 5) is 7.52. The van der Waals surface area contributed by atoms with Crippen molar-refractivity contribution in [1.29, 1.82) is 0 Å². The summed E-state index contributed by atoms with van der Waals surface area (Å²) in [5.74, 6) is 0.921. The van der Waals surface area contributed by atoms with E-state index in [1.54, 1.807) is 6.33 Å². The summed E-state index contributed by atoms with van der Waals surface area (Å²) < 4.78 is 0. The van der Waals surface area contributed by atoms with E-state index in [9.17, 15) is 0 Å². The Morgan fingerprint density at radius 1 is 1.10 bits per heavy atom. The van der Waals surface area contributed by atoms with E-state index in [0.29, 0.717) is 0 Å². The van der Waals surface area contributed by atoms with Gasteiger partial charge in [0.2, 0.25) is 0 Å². The Kier molecular flexibility index (Phi) is 9.29. The average molecular weight is 455 g/mol. The summed E-state index contributed by atoms with van der Waals surface area (Å²) in [6.45, 7) is 4.04. The predicted octanol–water partition coefficient (Wildman–Crippen LogP) is 7.10. The second kappa shape index (κ2) is 11.2. The smallest absolute Gasteiger partial charge is 0.0931 e. The van der Waals surface area contributed by atoms with Gasteiger partial charge < -0.3 is 10.3 Å². The Labute approximate surface area is 190 Å². The molecule has 158 valence electrons. The second-order valence-electron chi connectivity index (χ2n) is 7.86.